The van der Waals surface area contributed by atoms with Crippen molar-refractivity contribution in [2.24, 2.45) is 0 Å². The average Bonchev–Trinajstić information content (AvgIpc) is 3.51. The van der Waals surface area contributed by atoms with E-state index in [1.165, 1.54) is 392 Å². The van der Waals surface area contributed by atoms with Gasteiger partial charge in [0.25, 0.3) is 0 Å². The summed E-state index contributed by atoms with van der Waals surface area (Å²) in [5.41, 5.74) is 0. The van der Waals surface area contributed by atoms with Crippen molar-refractivity contribution in [3.05, 3.63) is 36.5 Å². The fourth-order valence-corrected chi connectivity index (χ4v) is 12.5. The summed E-state index contributed by atoms with van der Waals surface area (Å²) in [6.45, 7) is 4.35. The number of aliphatic hydroxyl groups is 2. The van der Waals surface area contributed by atoms with Crippen LogP contribution in [0.15, 0.2) is 36.5 Å². The van der Waals surface area contributed by atoms with Crippen LogP contribution in [0.1, 0.15) is 444 Å². The van der Waals surface area contributed by atoms with Gasteiger partial charge in [0.2, 0.25) is 5.91 Å². The minimum absolute atomic E-state index is 0.0639. The van der Waals surface area contributed by atoms with Gasteiger partial charge in [-0.25, -0.2) is 0 Å². The topological polar surface area (TPSA) is 69.6 Å². The van der Waals surface area contributed by atoms with Gasteiger partial charge in [0.15, 0.2) is 0 Å². The second kappa shape index (κ2) is 74.9. The maximum Gasteiger partial charge on any atom is 0.220 e. The lowest BCUT2D eigenvalue weighted by molar-refractivity contribution is -0.123. The zero-order valence-corrected chi connectivity index (χ0v) is 57.0. The normalized spacial score (nSPS) is 12.8. The summed E-state index contributed by atoms with van der Waals surface area (Å²) in [7, 11) is 0. The molecule has 0 fully saturated rings. The van der Waals surface area contributed by atoms with Gasteiger partial charge in [-0.2, -0.15) is 0 Å². The van der Waals surface area contributed by atoms with Gasteiger partial charge in [0, 0.05) is 6.42 Å². The van der Waals surface area contributed by atoms with E-state index < -0.39 is 12.1 Å². The van der Waals surface area contributed by atoms with Crippen LogP contribution in [0.5, 0.6) is 0 Å². The molecule has 0 bridgehead atoms. The number of aliphatic hydroxyl groups excluding tert-OH is 2. The van der Waals surface area contributed by atoms with Gasteiger partial charge < -0.3 is 15.5 Å². The van der Waals surface area contributed by atoms with Crippen molar-refractivity contribution in [1.29, 1.82) is 0 Å². The highest BCUT2D eigenvalue weighted by atomic mass is 16.3. The fourth-order valence-electron chi connectivity index (χ4n) is 12.5. The summed E-state index contributed by atoms with van der Waals surface area (Å²) in [6, 6.07) is -0.639. The lowest BCUT2D eigenvalue weighted by Crippen LogP contribution is -2.45. The Labute approximate surface area is 522 Å². The monoisotopic (exact) mass is 1160 g/mol. The molecular formula is C79H153NO3. The van der Waals surface area contributed by atoms with Gasteiger partial charge in [-0.05, 0) is 57.8 Å². The van der Waals surface area contributed by atoms with Gasteiger partial charge in [-0.15, -0.1) is 0 Å². The molecule has 0 aliphatic heterocycles. The Balaban J connectivity index is 3.40. The van der Waals surface area contributed by atoms with Crippen LogP contribution < -0.4 is 5.32 Å². The molecule has 4 nitrogen and oxygen atoms in total. The van der Waals surface area contributed by atoms with Crippen LogP contribution in [0.3, 0.4) is 0 Å². The Morgan fingerprint density at radius 1 is 0.277 bits per heavy atom. The Hall–Kier alpha value is -1.39. The van der Waals surface area contributed by atoms with Crippen molar-refractivity contribution >= 4 is 5.91 Å². The van der Waals surface area contributed by atoms with Gasteiger partial charge in [-0.1, -0.05) is 416 Å². The summed E-state index contributed by atoms with van der Waals surface area (Å²) < 4.78 is 0. The molecule has 0 radical (unpaired) electrons. The largest absolute Gasteiger partial charge is 0.394 e. The van der Waals surface area contributed by atoms with E-state index in [1.807, 2.05) is 6.08 Å². The lowest BCUT2D eigenvalue weighted by atomic mass is 10.0. The van der Waals surface area contributed by atoms with Gasteiger partial charge in [-0.3, -0.25) is 4.79 Å². The lowest BCUT2D eigenvalue weighted by Gasteiger charge is -2.19. The molecule has 0 spiro atoms. The number of allylic oxidation sites excluding steroid dienone is 5. The fraction of sp³-hybridized carbons (Fsp3) is 0.911. The summed E-state index contributed by atoms with van der Waals surface area (Å²) in [5.74, 6) is -0.0639. The third-order valence-electron chi connectivity index (χ3n) is 18.3. The van der Waals surface area contributed by atoms with E-state index in [9.17, 15) is 15.0 Å². The Morgan fingerprint density at radius 2 is 0.470 bits per heavy atom. The van der Waals surface area contributed by atoms with Crippen LogP contribution in [0.4, 0.5) is 0 Å². The average molecular weight is 1170 g/mol. The molecule has 0 heterocycles. The van der Waals surface area contributed by atoms with Crippen LogP contribution in [0.2, 0.25) is 0 Å². The number of hydrogen-bond acceptors (Lipinski definition) is 3. The van der Waals surface area contributed by atoms with Gasteiger partial charge >= 0.3 is 0 Å². The Bertz CT molecular complexity index is 1270. The maximum atomic E-state index is 12.6. The van der Waals surface area contributed by atoms with Gasteiger partial charge in [0.05, 0.1) is 18.8 Å². The van der Waals surface area contributed by atoms with Crippen LogP contribution in [-0.4, -0.2) is 34.9 Å². The third-order valence-corrected chi connectivity index (χ3v) is 18.3. The highest BCUT2D eigenvalue weighted by Crippen LogP contribution is 2.20. The zero-order chi connectivity index (χ0) is 59.8. The molecule has 0 saturated carbocycles. The second-order valence-corrected chi connectivity index (χ2v) is 26.8. The highest BCUT2D eigenvalue weighted by Gasteiger charge is 2.18. The van der Waals surface area contributed by atoms with E-state index in [1.54, 1.807) is 6.08 Å². The standard InChI is InChI=1S/C79H153NO3/c1-3-5-7-9-11-13-15-17-19-21-23-25-27-29-31-33-35-36-37-38-39-40-41-42-43-44-45-47-49-51-53-55-57-59-61-63-65-67-69-71-73-75-79(83)80-77(76-81)78(82)74-72-70-68-66-64-62-60-58-56-54-52-50-48-46-34-32-30-28-26-24-22-20-18-16-14-12-10-8-6-4-2/h21,23,64,66,72,74,77-78,81-82H,3-20,22,24-63,65,67-71,73,75-76H2,1-2H3,(H,80,83)/b23-21-,66-64+,74-72+. The number of hydrogen-bond donors (Lipinski definition) is 3. The van der Waals surface area contributed by atoms with Gasteiger partial charge in [0.1, 0.15) is 0 Å². The summed E-state index contributed by atoms with van der Waals surface area (Å²) in [5, 5.41) is 23.3. The third kappa shape index (κ3) is 71.3. The molecule has 0 saturated heterocycles. The number of carbonyl (C=O) groups is 1. The first-order valence-electron chi connectivity index (χ1n) is 38.7. The predicted octanol–water partition coefficient (Wildman–Crippen LogP) is 26.7. The molecule has 0 rings (SSSR count). The molecule has 2 unspecified atom stereocenters. The molecule has 0 aromatic rings. The highest BCUT2D eigenvalue weighted by molar-refractivity contribution is 5.76. The Morgan fingerprint density at radius 3 is 0.699 bits per heavy atom. The summed E-state index contributed by atoms with van der Waals surface area (Å²) >= 11 is 0. The second-order valence-electron chi connectivity index (χ2n) is 26.8. The molecule has 0 aromatic heterocycles. The molecular weight excluding hydrogens is 1010 g/mol. The first kappa shape index (κ1) is 81.6. The first-order valence-corrected chi connectivity index (χ1v) is 38.7. The predicted molar refractivity (Wildman–Crippen MR) is 373 cm³/mol. The Kier molecular flexibility index (Phi) is 73.6. The smallest absolute Gasteiger partial charge is 0.220 e. The van der Waals surface area contributed by atoms with Crippen LogP contribution >= 0.6 is 0 Å². The minimum atomic E-state index is -0.863. The zero-order valence-electron chi connectivity index (χ0n) is 57.0. The molecule has 4 heteroatoms. The number of carbonyl (C=O) groups excluding carboxylic acids is 1. The maximum absolute atomic E-state index is 12.6. The van der Waals surface area contributed by atoms with E-state index in [2.05, 4.69) is 43.5 Å². The van der Waals surface area contributed by atoms with E-state index in [0.717, 1.165) is 32.1 Å². The van der Waals surface area contributed by atoms with Crippen LogP contribution in [-0.2, 0) is 4.79 Å². The number of rotatable bonds is 73. The van der Waals surface area contributed by atoms with Crippen molar-refractivity contribution in [2.75, 3.05) is 6.61 Å². The van der Waals surface area contributed by atoms with Crippen LogP contribution in [0.25, 0.3) is 0 Å². The number of unbranched alkanes of at least 4 members (excludes halogenated alkanes) is 62. The number of nitrogens with one attached hydrogen (secondary N) is 1. The summed E-state index contributed by atoms with van der Waals surface area (Å²) in [4.78, 5) is 12.6. The summed E-state index contributed by atoms with van der Waals surface area (Å²) in [6.07, 6.45) is 104. The van der Waals surface area contributed by atoms with E-state index in [0.29, 0.717) is 6.42 Å². The molecule has 0 aliphatic carbocycles. The quantitative estimate of drug-likeness (QED) is 0.0420. The van der Waals surface area contributed by atoms with Crippen molar-refractivity contribution in [1.82, 2.24) is 5.32 Å². The molecule has 0 aliphatic rings. The molecule has 3 N–H and O–H groups in total. The van der Waals surface area contributed by atoms with Crippen LogP contribution in [0, 0.1) is 0 Å². The number of amides is 1. The molecule has 2 atom stereocenters. The van der Waals surface area contributed by atoms with E-state index in [-0.39, 0.29) is 12.5 Å². The molecule has 83 heavy (non-hydrogen) atoms. The van der Waals surface area contributed by atoms with E-state index in [4.69, 9.17) is 0 Å². The van der Waals surface area contributed by atoms with Crippen molar-refractivity contribution in [2.45, 2.75) is 456 Å². The first-order chi connectivity index (χ1) is 41.2. The molecule has 492 valence electrons. The minimum Gasteiger partial charge on any atom is -0.394 e. The molecule has 1 amide bonds. The molecule has 0 aromatic carbocycles. The van der Waals surface area contributed by atoms with Crippen molar-refractivity contribution < 1.29 is 15.0 Å². The SMILES string of the molecule is CCCCCCCCCC/C=C\CCCCCCCCCCCCCCCCCCCCCCCCCCCCCCCC(=O)NC(CO)C(O)/C=C/CC/C=C/CCCCCCCCCCCCCCCCCCCCCCCCCC. The van der Waals surface area contributed by atoms with Crippen molar-refractivity contribution in [3.8, 4) is 0 Å². The van der Waals surface area contributed by atoms with Crippen molar-refractivity contribution in [3.63, 3.8) is 0 Å². The van der Waals surface area contributed by atoms with E-state index >= 15 is 0 Å².